The molecule has 1 atom stereocenters. The lowest BCUT2D eigenvalue weighted by atomic mass is 10.1. The van der Waals surface area contributed by atoms with E-state index in [2.05, 4.69) is 10.1 Å². The quantitative estimate of drug-likeness (QED) is 0.854. The smallest absolute Gasteiger partial charge is 0.422 e. The number of carbonyl (C=O) groups is 1. The van der Waals surface area contributed by atoms with Crippen LogP contribution in [0.1, 0.15) is 28.9 Å². The van der Waals surface area contributed by atoms with Crippen LogP contribution in [-0.2, 0) is 0 Å². The van der Waals surface area contributed by atoms with Gasteiger partial charge in [0.1, 0.15) is 19.0 Å². The van der Waals surface area contributed by atoms with Gasteiger partial charge in [0, 0.05) is 5.56 Å². The van der Waals surface area contributed by atoms with E-state index in [-0.39, 0.29) is 17.7 Å². The van der Waals surface area contributed by atoms with Crippen molar-refractivity contribution in [2.75, 3.05) is 19.8 Å². The maximum atomic E-state index is 12.4. The molecule has 0 saturated heterocycles. The number of hydrogen-bond donors (Lipinski definition) is 1. The molecule has 1 aliphatic rings. The summed E-state index contributed by atoms with van der Waals surface area (Å²) in [5, 5.41) is 2.84. The van der Waals surface area contributed by atoms with Crippen LogP contribution in [0.3, 0.4) is 0 Å². The SMILES string of the molecule is CC(NC(=O)c1ccc(OCC(F)(F)F)cc1)c1ccc2c(c1)OCCO2. The van der Waals surface area contributed by atoms with Gasteiger partial charge in [-0.25, -0.2) is 0 Å². The summed E-state index contributed by atoms with van der Waals surface area (Å²) in [5.41, 5.74) is 1.16. The van der Waals surface area contributed by atoms with Crippen molar-refractivity contribution in [3.05, 3.63) is 53.6 Å². The molecule has 1 N–H and O–H groups in total. The van der Waals surface area contributed by atoms with E-state index in [1.807, 2.05) is 19.1 Å². The summed E-state index contributed by atoms with van der Waals surface area (Å²) in [5.74, 6) is 0.993. The fourth-order valence-corrected chi connectivity index (χ4v) is 2.56. The Labute approximate surface area is 154 Å². The lowest BCUT2D eigenvalue weighted by Crippen LogP contribution is -2.26. The number of nitrogens with one attached hydrogen (secondary N) is 1. The second kappa shape index (κ2) is 7.77. The second-order valence-electron chi connectivity index (χ2n) is 6.03. The molecule has 0 spiro atoms. The number of fused-ring (bicyclic) bond motifs is 1. The Hall–Kier alpha value is -2.90. The Kier molecular flexibility index (Phi) is 5.43. The van der Waals surface area contributed by atoms with Gasteiger partial charge < -0.3 is 19.5 Å². The highest BCUT2D eigenvalue weighted by atomic mass is 19.4. The molecule has 144 valence electrons. The molecule has 1 aliphatic heterocycles. The van der Waals surface area contributed by atoms with Crippen molar-refractivity contribution >= 4 is 5.91 Å². The van der Waals surface area contributed by atoms with Crippen molar-refractivity contribution in [3.63, 3.8) is 0 Å². The lowest BCUT2D eigenvalue weighted by molar-refractivity contribution is -0.153. The number of amides is 1. The molecule has 8 heteroatoms. The molecule has 0 saturated carbocycles. The third kappa shape index (κ3) is 5.06. The minimum Gasteiger partial charge on any atom is -0.486 e. The molecule has 1 heterocycles. The highest BCUT2D eigenvalue weighted by Gasteiger charge is 2.28. The predicted molar refractivity (Wildman–Crippen MR) is 91.3 cm³/mol. The molecule has 1 unspecified atom stereocenters. The molecule has 0 fully saturated rings. The normalized spacial score (nSPS) is 14.4. The number of benzene rings is 2. The van der Waals surface area contributed by atoms with Crippen LogP contribution >= 0.6 is 0 Å². The summed E-state index contributed by atoms with van der Waals surface area (Å²) < 4.78 is 52.1. The van der Waals surface area contributed by atoms with Crippen LogP contribution in [0.15, 0.2) is 42.5 Å². The number of hydrogen-bond acceptors (Lipinski definition) is 4. The molecule has 0 bridgehead atoms. The number of halogens is 3. The third-order valence-electron chi connectivity index (χ3n) is 3.93. The van der Waals surface area contributed by atoms with E-state index in [0.717, 1.165) is 5.56 Å². The summed E-state index contributed by atoms with van der Waals surface area (Å²) in [6, 6.07) is 10.6. The topological polar surface area (TPSA) is 56.8 Å². The van der Waals surface area contributed by atoms with Crippen molar-refractivity contribution in [1.29, 1.82) is 0 Å². The van der Waals surface area contributed by atoms with Crippen LogP contribution in [0.4, 0.5) is 13.2 Å². The van der Waals surface area contributed by atoms with Crippen LogP contribution < -0.4 is 19.5 Å². The molecule has 27 heavy (non-hydrogen) atoms. The third-order valence-corrected chi connectivity index (χ3v) is 3.93. The van der Waals surface area contributed by atoms with E-state index in [0.29, 0.717) is 30.3 Å². The molecule has 2 aromatic carbocycles. The van der Waals surface area contributed by atoms with Crippen LogP contribution in [-0.4, -0.2) is 31.9 Å². The fraction of sp³-hybridized carbons (Fsp3) is 0.316. The predicted octanol–water partition coefficient (Wildman–Crippen LogP) is 3.89. The van der Waals surface area contributed by atoms with Crippen molar-refractivity contribution in [1.82, 2.24) is 5.32 Å². The molecule has 0 aromatic heterocycles. The van der Waals surface area contributed by atoms with E-state index in [1.54, 1.807) is 6.07 Å². The Morgan fingerprint density at radius 3 is 2.44 bits per heavy atom. The molecular formula is C19H18F3NO4. The largest absolute Gasteiger partial charge is 0.486 e. The molecule has 3 rings (SSSR count). The van der Waals surface area contributed by atoms with E-state index in [4.69, 9.17) is 9.47 Å². The van der Waals surface area contributed by atoms with Crippen LogP contribution in [0.2, 0.25) is 0 Å². The molecule has 0 radical (unpaired) electrons. The number of ether oxygens (including phenoxy) is 3. The van der Waals surface area contributed by atoms with E-state index < -0.39 is 12.8 Å². The van der Waals surface area contributed by atoms with Crippen LogP contribution in [0.5, 0.6) is 17.2 Å². The number of carbonyl (C=O) groups excluding carboxylic acids is 1. The lowest BCUT2D eigenvalue weighted by Gasteiger charge is -2.21. The van der Waals surface area contributed by atoms with Gasteiger partial charge in [-0.2, -0.15) is 13.2 Å². The summed E-state index contributed by atoms with van der Waals surface area (Å²) in [6.45, 7) is 1.42. The van der Waals surface area contributed by atoms with Crippen LogP contribution in [0.25, 0.3) is 0 Å². The average molecular weight is 381 g/mol. The van der Waals surface area contributed by atoms with Gasteiger partial charge in [-0.15, -0.1) is 0 Å². The average Bonchev–Trinajstić information content (AvgIpc) is 2.65. The number of alkyl halides is 3. The zero-order chi connectivity index (χ0) is 19.4. The first-order valence-electron chi connectivity index (χ1n) is 8.32. The second-order valence-corrected chi connectivity index (χ2v) is 6.03. The first kappa shape index (κ1) is 18.9. The Morgan fingerprint density at radius 1 is 1.11 bits per heavy atom. The standard InChI is InChI=1S/C19H18F3NO4/c1-12(14-4-7-16-17(10-14)26-9-8-25-16)23-18(24)13-2-5-15(6-3-13)27-11-19(20,21)22/h2-7,10,12H,8-9,11H2,1H3,(H,23,24). The minimum absolute atomic E-state index is 0.0451. The van der Waals surface area contributed by atoms with Gasteiger partial charge in [0.2, 0.25) is 0 Å². The van der Waals surface area contributed by atoms with Gasteiger partial charge >= 0.3 is 6.18 Å². The Morgan fingerprint density at radius 2 is 1.78 bits per heavy atom. The zero-order valence-electron chi connectivity index (χ0n) is 14.5. The maximum absolute atomic E-state index is 12.4. The first-order valence-corrected chi connectivity index (χ1v) is 8.32. The van der Waals surface area contributed by atoms with E-state index >= 15 is 0 Å². The van der Waals surface area contributed by atoms with Gasteiger partial charge in [-0.1, -0.05) is 6.07 Å². The van der Waals surface area contributed by atoms with Gasteiger partial charge in [0.05, 0.1) is 6.04 Å². The summed E-state index contributed by atoms with van der Waals surface area (Å²) in [7, 11) is 0. The molecule has 2 aromatic rings. The van der Waals surface area contributed by atoms with Crippen molar-refractivity contribution in [3.8, 4) is 17.2 Å². The highest BCUT2D eigenvalue weighted by Crippen LogP contribution is 2.32. The van der Waals surface area contributed by atoms with Crippen LogP contribution in [0, 0.1) is 0 Å². The molecular weight excluding hydrogens is 363 g/mol. The highest BCUT2D eigenvalue weighted by molar-refractivity contribution is 5.94. The molecule has 1 amide bonds. The summed E-state index contributed by atoms with van der Waals surface area (Å²) >= 11 is 0. The molecule has 5 nitrogen and oxygen atoms in total. The zero-order valence-corrected chi connectivity index (χ0v) is 14.5. The summed E-state index contributed by atoms with van der Waals surface area (Å²) in [4.78, 5) is 12.4. The van der Waals surface area contributed by atoms with Gasteiger partial charge in [0.15, 0.2) is 18.1 Å². The number of rotatable bonds is 5. The minimum atomic E-state index is -4.41. The fourth-order valence-electron chi connectivity index (χ4n) is 2.56. The van der Waals surface area contributed by atoms with E-state index in [1.165, 1.54) is 24.3 Å². The molecule has 0 aliphatic carbocycles. The summed E-state index contributed by atoms with van der Waals surface area (Å²) in [6.07, 6.45) is -4.41. The van der Waals surface area contributed by atoms with Crippen molar-refractivity contribution in [2.24, 2.45) is 0 Å². The van der Waals surface area contributed by atoms with Gasteiger partial charge in [-0.3, -0.25) is 4.79 Å². The Bertz CT molecular complexity index is 806. The first-order chi connectivity index (χ1) is 12.8. The van der Waals surface area contributed by atoms with Gasteiger partial charge in [-0.05, 0) is 48.9 Å². The monoisotopic (exact) mass is 381 g/mol. The Balaban J connectivity index is 1.61. The van der Waals surface area contributed by atoms with Crippen molar-refractivity contribution < 1.29 is 32.2 Å². The van der Waals surface area contributed by atoms with Gasteiger partial charge in [0.25, 0.3) is 5.91 Å². The van der Waals surface area contributed by atoms with E-state index in [9.17, 15) is 18.0 Å². The van der Waals surface area contributed by atoms with Crippen molar-refractivity contribution in [2.45, 2.75) is 19.1 Å². The maximum Gasteiger partial charge on any atom is 0.422 e.